The fraction of sp³-hybridized carbons (Fsp3) is 0.429. The van der Waals surface area contributed by atoms with Crippen molar-refractivity contribution in [3.8, 4) is 5.75 Å². The van der Waals surface area contributed by atoms with Crippen LogP contribution in [0.4, 0.5) is 8.78 Å². The van der Waals surface area contributed by atoms with Gasteiger partial charge in [-0.2, -0.15) is 0 Å². The van der Waals surface area contributed by atoms with Gasteiger partial charge < -0.3 is 14.2 Å². The molecule has 0 spiro atoms. The normalized spacial score (nSPS) is 23.9. The zero-order valence-electron chi connectivity index (χ0n) is 16.5. The van der Waals surface area contributed by atoms with E-state index < -0.39 is 33.8 Å². The second-order valence-corrected chi connectivity index (χ2v) is 9.73. The maximum absolute atomic E-state index is 13.7. The summed E-state index contributed by atoms with van der Waals surface area (Å²) in [6.07, 6.45) is 0.478. The van der Waals surface area contributed by atoms with Gasteiger partial charge in [-0.1, -0.05) is 17.7 Å². The van der Waals surface area contributed by atoms with Crippen molar-refractivity contribution in [3.63, 3.8) is 0 Å². The Kier molecular flexibility index (Phi) is 6.78. The Hall–Kier alpha value is -1.78. The Morgan fingerprint density at radius 3 is 2.68 bits per heavy atom. The molecule has 2 heterocycles. The lowest BCUT2D eigenvalue weighted by atomic mass is 10.0. The first kappa shape index (κ1) is 22.4. The lowest BCUT2D eigenvalue weighted by Crippen LogP contribution is -2.37. The van der Waals surface area contributed by atoms with E-state index in [0.29, 0.717) is 31.8 Å². The van der Waals surface area contributed by atoms with Gasteiger partial charge in [-0.25, -0.2) is 21.9 Å². The summed E-state index contributed by atoms with van der Waals surface area (Å²) in [5.74, 6) is -1.62. The summed E-state index contributed by atoms with van der Waals surface area (Å²) in [7, 11) is -4.04. The molecular formula is C21H22ClF2NO5S. The van der Waals surface area contributed by atoms with Gasteiger partial charge in [0.05, 0.1) is 25.4 Å². The monoisotopic (exact) mass is 473 g/mol. The molecule has 168 valence electrons. The van der Waals surface area contributed by atoms with Crippen LogP contribution in [0.25, 0.3) is 0 Å². The zero-order chi connectivity index (χ0) is 22.0. The molecule has 4 rings (SSSR count). The number of hydrogen-bond acceptors (Lipinski definition) is 5. The molecule has 1 unspecified atom stereocenters. The van der Waals surface area contributed by atoms with Crippen LogP contribution in [0.15, 0.2) is 41.3 Å². The number of ether oxygens (including phenoxy) is 3. The van der Waals surface area contributed by atoms with Gasteiger partial charge in [0, 0.05) is 24.2 Å². The lowest BCUT2D eigenvalue weighted by Gasteiger charge is -2.21. The van der Waals surface area contributed by atoms with Crippen LogP contribution < -0.4 is 9.46 Å². The molecule has 0 aliphatic carbocycles. The summed E-state index contributed by atoms with van der Waals surface area (Å²) in [6.45, 7) is 1.84. The average molecular weight is 474 g/mol. The van der Waals surface area contributed by atoms with Crippen molar-refractivity contribution in [3.05, 3.63) is 58.6 Å². The van der Waals surface area contributed by atoms with E-state index >= 15 is 0 Å². The Morgan fingerprint density at radius 2 is 1.94 bits per heavy atom. The maximum Gasteiger partial charge on any atom is 0.244 e. The zero-order valence-corrected chi connectivity index (χ0v) is 18.1. The van der Waals surface area contributed by atoms with Gasteiger partial charge in [-0.15, -0.1) is 0 Å². The molecule has 0 amide bonds. The van der Waals surface area contributed by atoms with E-state index in [-0.39, 0.29) is 28.2 Å². The summed E-state index contributed by atoms with van der Waals surface area (Å²) < 4.78 is 72.7. The highest BCUT2D eigenvalue weighted by Gasteiger charge is 2.35. The number of sulfonamides is 1. The van der Waals surface area contributed by atoms with Gasteiger partial charge in [0.15, 0.2) is 11.6 Å². The molecule has 2 aliphatic rings. The third-order valence-corrected chi connectivity index (χ3v) is 7.11. The van der Waals surface area contributed by atoms with Gasteiger partial charge >= 0.3 is 0 Å². The van der Waals surface area contributed by atoms with Crippen molar-refractivity contribution >= 4 is 21.6 Å². The number of hydrogen-bond donors (Lipinski definition) is 1. The van der Waals surface area contributed by atoms with Gasteiger partial charge in [0.2, 0.25) is 10.0 Å². The molecule has 2 aromatic rings. The highest BCUT2D eigenvalue weighted by molar-refractivity contribution is 7.89. The summed E-state index contributed by atoms with van der Waals surface area (Å²) in [6, 6.07) is 7.14. The third-order valence-electron chi connectivity index (χ3n) is 5.36. The molecule has 2 aromatic carbocycles. The van der Waals surface area contributed by atoms with Crippen molar-refractivity contribution in [2.45, 2.75) is 29.9 Å². The molecule has 0 saturated carbocycles. The van der Waals surface area contributed by atoms with Crippen LogP contribution in [-0.2, 0) is 19.5 Å². The van der Waals surface area contributed by atoms with Crippen LogP contribution in [-0.4, -0.2) is 40.9 Å². The first-order valence-corrected chi connectivity index (χ1v) is 11.8. The molecule has 0 aromatic heterocycles. The molecule has 0 bridgehead atoms. The number of rotatable bonds is 7. The van der Waals surface area contributed by atoms with Crippen molar-refractivity contribution < 1.29 is 31.4 Å². The maximum atomic E-state index is 13.7. The fourth-order valence-corrected chi connectivity index (χ4v) is 5.40. The first-order chi connectivity index (χ1) is 14.8. The van der Waals surface area contributed by atoms with Crippen LogP contribution in [0.3, 0.4) is 0 Å². The minimum Gasteiger partial charge on any atom is -0.492 e. The van der Waals surface area contributed by atoms with E-state index in [4.69, 9.17) is 25.8 Å². The van der Waals surface area contributed by atoms with Gasteiger partial charge in [-0.05, 0) is 48.7 Å². The van der Waals surface area contributed by atoms with E-state index in [9.17, 15) is 17.2 Å². The quantitative estimate of drug-likeness (QED) is 0.661. The van der Waals surface area contributed by atoms with Crippen molar-refractivity contribution in [2.24, 2.45) is 5.92 Å². The molecule has 2 aliphatic heterocycles. The molecule has 2 fully saturated rings. The van der Waals surface area contributed by atoms with Crippen molar-refractivity contribution in [2.75, 3.05) is 26.4 Å². The molecule has 3 atom stereocenters. The van der Waals surface area contributed by atoms with E-state index in [1.54, 1.807) is 6.07 Å². The highest BCUT2D eigenvalue weighted by atomic mass is 35.5. The van der Waals surface area contributed by atoms with Crippen LogP contribution in [0, 0.1) is 17.6 Å². The number of halogens is 3. The Labute approximate surface area is 184 Å². The number of benzene rings is 2. The molecule has 2 saturated heterocycles. The summed E-state index contributed by atoms with van der Waals surface area (Å²) in [5.41, 5.74) is 0.355. The molecule has 10 heteroatoms. The van der Waals surface area contributed by atoms with E-state index in [1.165, 1.54) is 18.2 Å². The predicted molar refractivity (Wildman–Crippen MR) is 110 cm³/mol. The predicted octanol–water partition coefficient (Wildman–Crippen LogP) is 3.84. The minimum absolute atomic E-state index is 0.0881. The summed E-state index contributed by atoms with van der Waals surface area (Å²) in [4.78, 5) is -0.0881. The Bertz CT molecular complexity index is 1050. The van der Waals surface area contributed by atoms with Crippen molar-refractivity contribution in [1.29, 1.82) is 0 Å². The van der Waals surface area contributed by atoms with E-state index in [0.717, 1.165) is 18.6 Å². The number of nitrogens with one attached hydrogen (secondary N) is 1. The highest BCUT2D eigenvalue weighted by Crippen LogP contribution is 2.33. The van der Waals surface area contributed by atoms with Gasteiger partial charge in [-0.3, -0.25) is 0 Å². The van der Waals surface area contributed by atoms with E-state index in [2.05, 4.69) is 4.72 Å². The van der Waals surface area contributed by atoms with Crippen LogP contribution in [0.1, 0.15) is 24.5 Å². The third kappa shape index (κ3) is 5.18. The largest absolute Gasteiger partial charge is 0.492 e. The standard InChI is InChI=1S/C21H22ClF2NO5S/c22-15-2-4-19(30-12-13-5-7-28-11-13)20(10-15)31(26,27)25-18-6-8-29-21(18)14-1-3-16(23)17(24)9-14/h1-4,9-10,13,18,21,25H,5-8,11-12H2/t13?,18-,21+/m1/s1. The summed E-state index contributed by atoms with van der Waals surface area (Å²) in [5, 5.41) is 0.247. The SMILES string of the molecule is O=S(=O)(N[C@@H]1CCO[C@H]1c1ccc(F)c(F)c1)c1cc(Cl)ccc1OCC1CCOC1. The van der Waals surface area contributed by atoms with Gasteiger partial charge in [0.25, 0.3) is 0 Å². The summed E-state index contributed by atoms with van der Waals surface area (Å²) >= 11 is 6.05. The van der Waals surface area contributed by atoms with Gasteiger partial charge in [0.1, 0.15) is 10.6 Å². The first-order valence-electron chi connectivity index (χ1n) is 9.92. The Balaban J connectivity index is 1.54. The lowest BCUT2D eigenvalue weighted by molar-refractivity contribution is 0.102. The molecule has 1 N–H and O–H groups in total. The van der Waals surface area contributed by atoms with Crippen LogP contribution in [0.2, 0.25) is 5.02 Å². The van der Waals surface area contributed by atoms with E-state index in [1.807, 2.05) is 0 Å². The Morgan fingerprint density at radius 1 is 1.10 bits per heavy atom. The van der Waals surface area contributed by atoms with Crippen LogP contribution >= 0.6 is 11.6 Å². The van der Waals surface area contributed by atoms with Crippen LogP contribution in [0.5, 0.6) is 5.75 Å². The smallest absolute Gasteiger partial charge is 0.244 e. The molecule has 0 radical (unpaired) electrons. The molecule has 6 nitrogen and oxygen atoms in total. The van der Waals surface area contributed by atoms with Crippen molar-refractivity contribution in [1.82, 2.24) is 4.72 Å². The topological polar surface area (TPSA) is 73.9 Å². The minimum atomic E-state index is -4.04. The second-order valence-electron chi connectivity index (χ2n) is 7.61. The second kappa shape index (κ2) is 9.38. The average Bonchev–Trinajstić information content (AvgIpc) is 3.41. The fourth-order valence-electron chi connectivity index (χ4n) is 3.72. The molecular weight excluding hydrogens is 452 g/mol. The molecule has 31 heavy (non-hydrogen) atoms.